The Hall–Kier alpha value is -2.10. The number of anilines is 1. The van der Waals surface area contributed by atoms with E-state index in [1.807, 2.05) is 31.2 Å². The average Bonchev–Trinajstić information content (AvgIpc) is 2.92. The summed E-state index contributed by atoms with van der Waals surface area (Å²) in [5, 5.41) is 6.95. The van der Waals surface area contributed by atoms with Crippen LogP contribution in [-0.4, -0.2) is 11.1 Å². The normalized spacial score (nSPS) is 17.7. The zero-order chi connectivity index (χ0) is 16.6. The molecule has 1 aromatic carbocycles. The minimum absolute atomic E-state index is 0.187. The number of aryl methyl sites for hydroxylation is 2. The molecule has 1 atom stereocenters. The van der Waals surface area contributed by atoms with Crippen molar-refractivity contribution < 1.29 is 9.32 Å². The van der Waals surface area contributed by atoms with Gasteiger partial charge in [0.1, 0.15) is 5.76 Å². The number of aromatic nitrogens is 1. The molecule has 0 fully saturated rings. The Kier molecular flexibility index (Phi) is 4.00. The van der Waals surface area contributed by atoms with Crippen molar-refractivity contribution in [3.05, 3.63) is 46.8 Å². The summed E-state index contributed by atoms with van der Waals surface area (Å²) in [6.45, 7) is 8.78. The summed E-state index contributed by atoms with van der Waals surface area (Å²) >= 11 is 0. The minimum atomic E-state index is -0.187. The van der Waals surface area contributed by atoms with Crippen molar-refractivity contribution in [2.45, 2.75) is 47.0 Å². The van der Waals surface area contributed by atoms with Gasteiger partial charge < -0.3 is 9.84 Å². The highest BCUT2D eigenvalue weighted by molar-refractivity contribution is 6.03. The molecule has 0 spiro atoms. The van der Waals surface area contributed by atoms with Crippen LogP contribution in [0.4, 0.5) is 5.69 Å². The van der Waals surface area contributed by atoms with Gasteiger partial charge in [-0.2, -0.15) is 0 Å². The van der Waals surface area contributed by atoms with Gasteiger partial charge in [0, 0.05) is 17.7 Å². The number of nitrogens with one attached hydrogen (secondary N) is 1. The Balaban J connectivity index is 1.80. The molecule has 0 radical (unpaired) electrons. The van der Waals surface area contributed by atoms with Gasteiger partial charge in [-0.3, -0.25) is 4.79 Å². The lowest BCUT2D eigenvalue weighted by Gasteiger charge is -2.33. The molecule has 2 aromatic rings. The summed E-state index contributed by atoms with van der Waals surface area (Å²) in [6, 6.07) is 7.75. The molecule has 4 heteroatoms. The highest BCUT2D eigenvalue weighted by atomic mass is 16.5. The third-order valence-corrected chi connectivity index (χ3v) is 4.79. The van der Waals surface area contributed by atoms with Gasteiger partial charge in [-0.05, 0) is 43.2 Å². The fraction of sp³-hybridized carbons (Fsp3) is 0.474. The molecule has 0 saturated carbocycles. The van der Waals surface area contributed by atoms with Gasteiger partial charge in [-0.15, -0.1) is 0 Å². The molecule has 1 aliphatic rings. The predicted octanol–water partition coefficient (Wildman–Crippen LogP) is 4.39. The Morgan fingerprint density at radius 2 is 1.96 bits per heavy atom. The average molecular weight is 312 g/mol. The predicted molar refractivity (Wildman–Crippen MR) is 90.6 cm³/mol. The second-order valence-electron chi connectivity index (χ2n) is 7.56. The van der Waals surface area contributed by atoms with Crippen molar-refractivity contribution in [1.82, 2.24) is 5.16 Å². The first-order chi connectivity index (χ1) is 10.8. The molecule has 0 bridgehead atoms. The van der Waals surface area contributed by atoms with Crippen LogP contribution in [-0.2, 0) is 12.8 Å². The molecule has 0 unspecified atom stereocenters. The highest BCUT2D eigenvalue weighted by Gasteiger charge is 2.34. The van der Waals surface area contributed by atoms with Crippen LogP contribution in [0, 0.1) is 18.3 Å². The number of rotatable bonds is 2. The van der Waals surface area contributed by atoms with Crippen molar-refractivity contribution >= 4 is 11.6 Å². The SMILES string of the molecule is Cc1ccc(NC(=O)c2noc3c2C[C@H](C(C)(C)C)CC3)cc1. The van der Waals surface area contributed by atoms with Gasteiger partial charge in [0.25, 0.3) is 5.91 Å². The van der Waals surface area contributed by atoms with Crippen molar-refractivity contribution in [2.24, 2.45) is 11.3 Å². The fourth-order valence-electron chi connectivity index (χ4n) is 3.15. The molecule has 1 aromatic heterocycles. The summed E-state index contributed by atoms with van der Waals surface area (Å²) in [7, 11) is 0. The topological polar surface area (TPSA) is 55.1 Å². The summed E-state index contributed by atoms with van der Waals surface area (Å²) in [5.74, 6) is 1.23. The van der Waals surface area contributed by atoms with Crippen LogP contribution in [0.5, 0.6) is 0 Å². The Labute approximate surface area is 137 Å². The first-order valence-electron chi connectivity index (χ1n) is 8.20. The number of hydrogen-bond acceptors (Lipinski definition) is 3. The number of fused-ring (bicyclic) bond motifs is 1. The van der Waals surface area contributed by atoms with E-state index in [0.717, 1.165) is 41.8 Å². The number of carbonyl (C=O) groups is 1. The van der Waals surface area contributed by atoms with Crippen LogP contribution < -0.4 is 5.32 Å². The summed E-state index contributed by atoms with van der Waals surface area (Å²) in [4.78, 5) is 12.6. The molecule has 0 aliphatic heterocycles. The molecular weight excluding hydrogens is 288 g/mol. The minimum Gasteiger partial charge on any atom is -0.360 e. The van der Waals surface area contributed by atoms with Crippen LogP contribution in [0.1, 0.15) is 54.6 Å². The van der Waals surface area contributed by atoms with Crippen LogP contribution in [0.2, 0.25) is 0 Å². The molecule has 1 N–H and O–H groups in total. The molecular formula is C19H24N2O2. The van der Waals surface area contributed by atoms with Crippen molar-refractivity contribution in [3.63, 3.8) is 0 Å². The first kappa shape index (κ1) is 15.8. The summed E-state index contributed by atoms with van der Waals surface area (Å²) in [5.41, 5.74) is 3.59. The number of benzene rings is 1. The standard InChI is InChI=1S/C19H24N2O2/c1-12-5-8-14(9-6-12)20-18(22)17-15-11-13(19(2,3)4)7-10-16(15)23-21-17/h5-6,8-9,13H,7,10-11H2,1-4H3,(H,20,22)/t13-/m1/s1. The Morgan fingerprint density at radius 1 is 1.26 bits per heavy atom. The maximum Gasteiger partial charge on any atom is 0.278 e. The third-order valence-electron chi connectivity index (χ3n) is 4.79. The summed E-state index contributed by atoms with van der Waals surface area (Å²) in [6.07, 6.45) is 2.81. The van der Waals surface area contributed by atoms with Gasteiger partial charge >= 0.3 is 0 Å². The largest absolute Gasteiger partial charge is 0.360 e. The molecule has 1 amide bonds. The zero-order valence-corrected chi connectivity index (χ0v) is 14.3. The van der Waals surface area contributed by atoms with E-state index in [1.54, 1.807) is 0 Å². The Bertz CT molecular complexity index is 708. The lowest BCUT2D eigenvalue weighted by atomic mass is 9.71. The van der Waals surface area contributed by atoms with Gasteiger partial charge in [-0.25, -0.2) is 0 Å². The van der Waals surface area contributed by atoms with Gasteiger partial charge in [0.15, 0.2) is 5.69 Å². The van der Waals surface area contributed by atoms with Gasteiger partial charge in [0.2, 0.25) is 0 Å². The van der Waals surface area contributed by atoms with E-state index in [0.29, 0.717) is 11.6 Å². The van der Waals surface area contributed by atoms with E-state index in [4.69, 9.17) is 4.52 Å². The molecule has 4 nitrogen and oxygen atoms in total. The second-order valence-corrected chi connectivity index (χ2v) is 7.56. The first-order valence-corrected chi connectivity index (χ1v) is 8.20. The highest BCUT2D eigenvalue weighted by Crippen LogP contribution is 2.38. The van der Waals surface area contributed by atoms with Gasteiger partial charge in [0.05, 0.1) is 0 Å². The van der Waals surface area contributed by atoms with E-state index in [-0.39, 0.29) is 11.3 Å². The maximum atomic E-state index is 12.6. The maximum absolute atomic E-state index is 12.6. The summed E-state index contributed by atoms with van der Waals surface area (Å²) < 4.78 is 5.42. The van der Waals surface area contributed by atoms with E-state index < -0.39 is 0 Å². The van der Waals surface area contributed by atoms with Gasteiger partial charge in [-0.1, -0.05) is 43.6 Å². The van der Waals surface area contributed by atoms with Crippen molar-refractivity contribution in [2.75, 3.05) is 5.32 Å². The van der Waals surface area contributed by atoms with Crippen LogP contribution in [0.3, 0.4) is 0 Å². The molecule has 0 saturated heterocycles. The van der Waals surface area contributed by atoms with Crippen molar-refractivity contribution in [1.29, 1.82) is 0 Å². The zero-order valence-electron chi connectivity index (χ0n) is 14.3. The molecule has 23 heavy (non-hydrogen) atoms. The number of carbonyl (C=O) groups excluding carboxylic acids is 1. The van der Waals surface area contributed by atoms with Crippen LogP contribution >= 0.6 is 0 Å². The number of hydrogen-bond donors (Lipinski definition) is 1. The molecule has 122 valence electrons. The third kappa shape index (κ3) is 3.31. The van der Waals surface area contributed by atoms with E-state index >= 15 is 0 Å². The molecule has 1 aliphatic carbocycles. The van der Waals surface area contributed by atoms with E-state index in [2.05, 4.69) is 31.2 Å². The molecule has 1 heterocycles. The number of amides is 1. The quantitative estimate of drug-likeness (QED) is 0.895. The van der Waals surface area contributed by atoms with Crippen molar-refractivity contribution in [3.8, 4) is 0 Å². The number of nitrogens with zero attached hydrogens (tertiary/aromatic N) is 1. The van der Waals surface area contributed by atoms with Crippen LogP contribution in [0.15, 0.2) is 28.8 Å². The van der Waals surface area contributed by atoms with Crippen LogP contribution in [0.25, 0.3) is 0 Å². The smallest absolute Gasteiger partial charge is 0.278 e. The van der Waals surface area contributed by atoms with E-state index in [9.17, 15) is 4.79 Å². The molecule has 3 rings (SSSR count). The van der Waals surface area contributed by atoms with E-state index in [1.165, 1.54) is 0 Å². The lowest BCUT2D eigenvalue weighted by Crippen LogP contribution is -2.27. The fourth-order valence-corrected chi connectivity index (χ4v) is 3.15. The lowest BCUT2D eigenvalue weighted by molar-refractivity contribution is 0.101. The Morgan fingerprint density at radius 3 is 2.61 bits per heavy atom. The monoisotopic (exact) mass is 312 g/mol. The second kappa shape index (κ2) is 5.84.